The lowest BCUT2D eigenvalue weighted by molar-refractivity contribution is -0.682. The van der Waals surface area contributed by atoms with Crippen LogP contribution in [0.1, 0.15) is 28.9 Å². The lowest BCUT2D eigenvalue weighted by Gasteiger charge is -2.13. The van der Waals surface area contributed by atoms with Crippen LogP contribution in [0.4, 0.5) is 5.69 Å². The van der Waals surface area contributed by atoms with E-state index in [0.717, 1.165) is 15.8 Å². The Labute approximate surface area is 161 Å². The van der Waals surface area contributed by atoms with Crippen molar-refractivity contribution in [2.75, 3.05) is 26.0 Å². The first-order valence-electron chi connectivity index (χ1n) is 8.23. The molecule has 2 aromatic carbocycles. The topological polar surface area (TPSA) is 84.0 Å². The monoisotopic (exact) mass is 420 g/mol. The first-order chi connectivity index (χ1) is 12.4. The van der Waals surface area contributed by atoms with Gasteiger partial charge in [0.25, 0.3) is 11.8 Å². The maximum absolute atomic E-state index is 12.2. The fraction of sp³-hybridized carbons (Fsp3) is 0.263. The Kier molecular flexibility index (Phi) is 7.17. The number of carbonyl (C=O) groups excluding carboxylic acids is 2. The molecule has 0 aliphatic rings. The molecule has 0 aliphatic heterocycles. The normalized spacial score (nSPS) is 11.5. The van der Waals surface area contributed by atoms with Crippen LogP contribution in [-0.2, 0) is 4.79 Å². The average molecular weight is 421 g/mol. The highest BCUT2D eigenvalue weighted by Crippen LogP contribution is 2.27. The second-order valence-electron chi connectivity index (χ2n) is 5.83. The Bertz CT molecular complexity index is 795. The van der Waals surface area contributed by atoms with Gasteiger partial charge in [0.15, 0.2) is 6.54 Å². The highest BCUT2D eigenvalue weighted by Gasteiger charge is 2.14. The summed E-state index contributed by atoms with van der Waals surface area (Å²) in [4.78, 5) is 23.8. The van der Waals surface area contributed by atoms with E-state index in [1.807, 2.05) is 30.4 Å². The van der Waals surface area contributed by atoms with E-state index in [0.29, 0.717) is 11.3 Å². The van der Waals surface area contributed by atoms with E-state index in [1.165, 1.54) is 0 Å². The summed E-state index contributed by atoms with van der Waals surface area (Å²) in [6.07, 6.45) is 0. The van der Waals surface area contributed by atoms with Crippen LogP contribution >= 0.6 is 15.9 Å². The molecule has 4 N–H and O–H groups in total. The minimum Gasteiger partial charge on any atom is -0.496 e. The Morgan fingerprint density at radius 3 is 2.65 bits per heavy atom. The summed E-state index contributed by atoms with van der Waals surface area (Å²) in [5.41, 5.74) is 2.20. The van der Waals surface area contributed by atoms with Crippen molar-refractivity contribution in [1.29, 1.82) is 0 Å². The number of methoxy groups -OCH3 is 1. The van der Waals surface area contributed by atoms with Crippen LogP contribution in [0.15, 0.2) is 46.9 Å². The quantitative estimate of drug-likeness (QED) is 0.640. The van der Waals surface area contributed by atoms with Crippen molar-refractivity contribution in [1.82, 2.24) is 5.32 Å². The number of rotatable bonds is 7. The molecule has 26 heavy (non-hydrogen) atoms. The van der Waals surface area contributed by atoms with Gasteiger partial charge < -0.3 is 20.7 Å². The van der Waals surface area contributed by atoms with E-state index < -0.39 is 0 Å². The third kappa shape index (κ3) is 5.31. The number of hydrogen-bond donors (Lipinski definition) is 3. The fourth-order valence-electron chi connectivity index (χ4n) is 2.48. The molecule has 0 unspecified atom stereocenters. The van der Waals surface area contributed by atoms with Crippen molar-refractivity contribution in [2.24, 2.45) is 0 Å². The number of quaternary nitrogens is 1. The molecule has 7 heteroatoms. The van der Waals surface area contributed by atoms with Gasteiger partial charge in [-0.15, -0.1) is 0 Å². The Morgan fingerprint density at radius 2 is 2.00 bits per heavy atom. The number of ether oxygens (including phenoxy) is 1. The van der Waals surface area contributed by atoms with Crippen LogP contribution in [-0.4, -0.2) is 32.5 Å². The SMILES string of the molecule is CNC(=O)c1cccc(NC(=O)C[NH2+][C@H](C)c2ccc(OC)c(Br)c2)c1. The number of nitrogens with one attached hydrogen (secondary N) is 2. The van der Waals surface area contributed by atoms with Crippen molar-refractivity contribution < 1.29 is 19.6 Å². The van der Waals surface area contributed by atoms with Crippen LogP contribution in [0.5, 0.6) is 5.75 Å². The zero-order valence-electron chi connectivity index (χ0n) is 15.0. The molecule has 1 atom stereocenters. The van der Waals surface area contributed by atoms with E-state index in [4.69, 9.17) is 4.74 Å². The minimum atomic E-state index is -0.189. The largest absolute Gasteiger partial charge is 0.496 e. The highest BCUT2D eigenvalue weighted by atomic mass is 79.9. The van der Waals surface area contributed by atoms with Crippen molar-refractivity contribution in [2.45, 2.75) is 13.0 Å². The van der Waals surface area contributed by atoms with Gasteiger partial charge in [-0.3, -0.25) is 9.59 Å². The second-order valence-corrected chi connectivity index (χ2v) is 6.68. The summed E-state index contributed by atoms with van der Waals surface area (Å²) in [7, 11) is 3.19. The van der Waals surface area contributed by atoms with Gasteiger partial charge in [-0.2, -0.15) is 0 Å². The average Bonchev–Trinajstić information content (AvgIpc) is 2.65. The molecule has 0 aliphatic carbocycles. The summed E-state index contributed by atoms with van der Waals surface area (Å²) < 4.78 is 6.11. The van der Waals surface area contributed by atoms with Gasteiger partial charge in [0.2, 0.25) is 0 Å². The minimum absolute atomic E-state index is 0.111. The standard InChI is InChI=1S/C19H22BrN3O3/c1-12(13-7-8-17(26-3)16(20)10-13)22-11-18(24)23-15-6-4-5-14(9-15)19(25)21-2/h4-10,12,22H,11H2,1-3H3,(H,21,25)(H,23,24)/p+1/t12-/m1/s1. The maximum atomic E-state index is 12.2. The first kappa shape index (κ1) is 19.9. The fourth-order valence-corrected chi connectivity index (χ4v) is 3.04. The van der Waals surface area contributed by atoms with E-state index in [-0.39, 0.29) is 24.4 Å². The van der Waals surface area contributed by atoms with Gasteiger partial charge in [-0.05, 0) is 59.3 Å². The molecule has 6 nitrogen and oxygen atoms in total. The van der Waals surface area contributed by atoms with Crippen LogP contribution in [0.25, 0.3) is 0 Å². The molecule has 2 aromatic rings. The first-order valence-corrected chi connectivity index (χ1v) is 9.02. The van der Waals surface area contributed by atoms with Gasteiger partial charge in [0.05, 0.1) is 11.6 Å². The Hall–Kier alpha value is -2.38. The molecule has 2 amide bonds. The molecule has 0 spiro atoms. The molecule has 0 saturated carbocycles. The lowest BCUT2D eigenvalue weighted by Crippen LogP contribution is -2.86. The number of carbonyl (C=O) groups is 2. The zero-order chi connectivity index (χ0) is 19.1. The zero-order valence-corrected chi connectivity index (χ0v) is 16.6. The number of hydrogen-bond acceptors (Lipinski definition) is 3. The van der Waals surface area contributed by atoms with Crippen molar-refractivity contribution in [3.05, 3.63) is 58.1 Å². The summed E-state index contributed by atoms with van der Waals surface area (Å²) in [5, 5.41) is 7.33. The number of amides is 2. The molecule has 2 rings (SSSR count). The molecule has 0 saturated heterocycles. The summed E-state index contributed by atoms with van der Waals surface area (Å²) in [6, 6.07) is 12.8. The molecular formula is C19H23BrN3O3+. The maximum Gasteiger partial charge on any atom is 0.279 e. The van der Waals surface area contributed by atoms with Gasteiger partial charge in [-0.1, -0.05) is 6.07 Å². The summed E-state index contributed by atoms with van der Waals surface area (Å²) in [5.74, 6) is 0.458. The summed E-state index contributed by atoms with van der Waals surface area (Å²) in [6.45, 7) is 2.31. The number of nitrogens with two attached hydrogens (primary N) is 1. The smallest absolute Gasteiger partial charge is 0.279 e. The van der Waals surface area contributed by atoms with Gasteiger partial charge in [-0.25, -0.2) is 0 Å². The summed E-state index contributed by atoms with van der Waals surface area (Å²) >= 11 is 3.47. The molecule has 0 aromatic heterocycles. The Morgan fingerprint density at radius 1 is 1.23 bits per heavy atom. The molecular weight excluding hydrogens is 398 g/mol. The molecule has 0 heterocycles. The number of halogens is 1. The number of anilines is 1. The second kappa shape index (κ2) is 9.35. The molecule has 0 bridgehead atoms. The van der Waals surface area contributed by atoms with Crippen LogP contribution in [0.3, 0.4) is 0 Å². The predicted octanol–water partition coefficient (Wildman–Crippen LogP) is 2.08. The Balaban J connectivity index is 1.92. The molecule has 138 valence electrons. The van der Waals surface area contributed by atoms with E-state index in [1.54, 1.807) is 38.4 Å². The van der Waals surface area contributed by atoms with Gasteiger partial charge in [0.1, 0.15) is 11.8 Å². The van der Waals surface area contributed by atoms with E-state index in [9.17, 15) is 9.59 Å². The molecule has 0 radical (unpaired) electrons. The van der Waals surface area contributed by atoms with Crippen LogP contribution in [0.2, 0.25) is 0 Å². The van der Waals surface area contributed by atoms with Crippen molar-refractivity contribution in [3.63, 3.8) is 0 Å². The van der Waals surface area contributed by atoms with E-state index >= 15 is 0 Å². The molecule has 0 fully saturated rings. The lowest BCUT2D eigenvalue weighted by atomic mass is 10.1. The predicted molar refractivity (Wildman–Crippen MR) is 104 cm³/mol. The third-order valence-electron chi connectivity index (χ3n) is 3.99. The number of benzene rings is 2. The van der Waals surface area contributed by atoms with Crippen molar-refractivity contribution >= 4 is 33.4 Å². The van der Waals surface area contributed by atoms with Crippen LogP contribution in [0, 0.1) is 0 Å². The highest BCUT2D eigenvalue weighted by molar-refractivity contribution is 9.10. The van der Waals surface area contributed by atoms with Gasteiger partial charge >= 0.3 is 0 Å². The third-order valence-corrected chi connectivity index (χ3v) is 4.61. The van der Waals surface area contributed by atoms with Gasteiger partial charge in [0, 0.05) is 23.9 Å². The van der Waals surface area contributed by atoms with Crippen LogP contribution < -0.4 is 20.7 Å². The van der Waals surface area contributed by atoms with E-state index in [2.05, 4.69) is 26.6 Å². The van der Waals surface area contributed by atoms with Crippen molar-refractivity contribution in [3.8, 4) is 5.75 Å².